The molecule has 1 N–H and O–H groups in total. The molecule has 0 saturated heterocycles. The fourth-order valence-electron chi connectivity index (χ4n) is 3.99. The molecule has 6 heteroatoms. The Bertz CT molecular complexity index is 1200. The van der Waals surface area contributed by atoms with Crippen LogP contribution in [0.2, 0.25) is 0 Å². The number of imidazole rings is 1. The van der Waals surface area contributed by atoms with E-state index in [1.807, 2.05) is 43.6 Å². The highest BCUT2D eigenvalue weighted by molar-refractivity contribution is 5.79. The minimum atomic E-state index is 0.241. The summed E-state index contributed by atoms with van der Waals surface area (Å²) in [7, 11) is 0. The van der Waals surface area contributed by atoms with Gasteiger partial charge >= 0.3 is 0 Å². The van der Waals surface area contributed by atoms with Crippen molar-refractivity contribution < 1.29 is 4.79 Å². The largest absolute Gasteiger partial charge is 0.351 e. The van der Waals surface area contributed by atoms with E-state index in [0.717, 1.165) is 46.6 Å². The molecule has 0 atom stereocenters. The lowest BCUT2D eigenvalue weighted by atomic mass is 9.94. The molecule has 0 bridgehead atoms. The van der Waals surface area contributed by atoms with Gasteiger partial charge in [-0.25, -0.2) is 15.0 Å². The van der Waals surface area contributed by atoms with E-state index in [1.165, 1.54) is 0 Å². The number of ketones is 1. The molecule has 1 aliphatic rings. The van der Waals surface area contributed by atoms with Gasteiger partial charge in [-0.05, 0) is 48.6 Å². The smallest absolute Gasteiger partial charge is 0.223 e. The molecular weight excluding hydrogens is 374 g/mol. The highest BCUT2D eigenvalue weighted by atomic mass is 16.1. The summed E-state index contributed by atoms with van der Waals surface area (Å²) in [6.07, 6.45) is 8.75. The van der Waals surface area contributed by atoms with Crippen LogP contribution in [-0.4, -0.2) is 31.2 Å². The first-order chi connectivity index (χ1) is 14.7. The molecule has 0 amide bonds. The van der Waals surface area contributed by atoms with E-state index in [9.17, 15) is 4.79 Å². The summed E-state index contributed by atoms with van der Waals surface area (Å²) < 4.78 is 2.08. The molecule has 0 aliphatic heterocycles. The SMILES string of the molecule is Cc1cnc(NC2CCC(=O)CC2)nc1-c1cnc2ccc(-c3ccccc3)cn12. The average molecular weight is 397 g/mol. The first-order valence-electron chi connectivity index (χ1n) is 10.3. The Hall–Kier alpha value is -3.54. The number of rotatable bonds is 4. The fraction of sp³-hybridized carbons (Fsp3) is 0.250. The molecule has 3 aromatic heterocycles. The Morgan fingerprint density at radius 2 is 1.77 bits per heavy atom. The number of carbonyl (C=O) groups excluding carboxylic acids is 1. The van der Waals surface area contributed by atoms with E-state index in [2.05, 4.69) is 44.1 Å². The number of hydrogen-bond donors (Lipinski definition) is 1. The van der Waals surface area contributed by atoms with E-state index in [4.69, 9.17) is 4.98 Å². The zero-order valence-electron chi connectivity index (χ0n) is 16.9. The van der Waals surface area contributed by atoms with Gasteiger partial charge in [-0.15, -0.1) is 0 Å². The molecule has 0 unspecified atom stereocenters. The van der Waals surface area contributed by atoms with E-state index >= 15 is 0 Å². The summed E-state index contributed by atoms with van der Waals surface area (Å²) >= 11 is 0. The highest BCUT2D eigenvalue weighted by Gasteiger charge is 2.20. The Morgan fingerprint density at radius 1 is 0.967 bits per heavy atom. The molecule has 30 heavy (non-hydrogen) atoms. The van der Waals surface area contributed by atoms with Crippen molar-refractivity contribution in [2.45, 2.75) is 38.6 Å². The number of fused-ring (bicyclic) bond motifs is 1. The van der Waals surface area contributed by atoms with E-state index in [1.54, 1.807) is 0 Å². The van der Waals surface area contributed by atoms with Crippen LogP contribution >= 0.6 is 0 Å². The van der Waals surface area contributed by atoms with E-state index < -0.39 is 0 Å². The van der Waals surface area contributed by atoms with Crippen molar-refractivity contribution in [1.82, 2.24) is 19.4 Å². The maximum absolute atomic E-state index is 11.5. The number of hydrogen-bond acceptors (Lipinski definition) is 5. The fourth-order valence-corrected chi connectivity index (χ4v) is 3.99. The number of aromatic nitrogens is 4. The molecule has 0 radical (unpaired) electrons. The predicted molar refractivity (Wildman–Crippen MR) is 117 cm³/mol. The van der Waals surface area contributed by atoms with Crippen molar-refractivity contribution in [3.05, 3.63) is 66.6 Å². The van der Waals surface area contributed by atoms with Gasteiger partial charge in [-0.1, -0.05) is 30.3 Å². The van der Waals surface area contributed by atoms with Crippen molar-refractivity contribution in [1.29, 1.82) is 0 Å². The second-order valence-electron chi connectivity index (χ2n) is 7.84. The van der Waals surface area contributed by atoms with Crippen LogP contribution < -0.4 is 5.32 Å². The lowest BCUT2D eigenvalue weighted by molar-refractivity contribution is -0.120. The third-order valence-electron chi connectivity index (χ3n) is 5.70. The predicted octanol–water partition coefficient (Wildman–Crippen LogP) is 4.69. The van der Waals surface area contributed by atoms with Gasteiger partial charge in [0.1, 0.15) is 11.4 Å². The Morgan fingerprint density at radius 3 is 2.57 bits per heavy atom. The number of aryl methyl sites for hydroxylation is 1. The number of nitrogens with one attached hydrogen (secondary N) is 1. The monoisotopic (exact) mass is 397 g/mol. The van der Waals surface area contributed by atoms with Crippen LogP contribution in [0.25, 0.3) is 28.2 Å². The summed E-state index contributed by atoms with van der Waals surface area (Å²) in [6.45, 7) is 2.01. The molecule has 150 valence electrons. The average Bonchev–Trinajstić information content (AvgIpc) is 3.20. The molecule has 4 aromatic rings. The van der Waals surface area contributed by atoms with Gasteiger partial charge in [-0.3, -0.25) is 9.20 Å². The van der Waals surface area contributed by atoms with Crippen molar-refractivity contribution >= 4 is 17.4 Å². The van der Waals surface area contributed by atoms with Crippen LogP contribution in [0, 0.1) is 6.92 Å². The number of anilines is 1. The second-order valence-corrected chi connectivity index (χ2v) is 7.84. The van der Waals surface area contributed by atoms with Crippen LogP contribution in [0.1, 0.15) is 31.2 Å². The van der Waals surface area contributed by atoms with E-state index in [0.29, 0.717) is 24.6 Å². The number of carbonyl (C=O) groups is 1. The van der Waals surface area contributed by atoms with Crippen molar-refractivity contribution in [2.24, 2.45) is 0 Å². The van der Waals surface area contributed by atoms with E-state index in [-0.39, 0.29) is 6.04 Å². The van der Waals surface area contributed by atoms with Crippen molar-refractivity contribution in [3.63, 3.8) is 0 Å². The standard InChI is InChI=1S/C24H23N5O/c1-16-13-26-24(27-19-8-10-20(30)11-9-19)28-23(16)21-14-25-22-12-7-18(15-29(21)22)17-5-3-2-4-6-17/h2-7,12-15,19H,8-11H2,1H3,(H,26,27,28). The molecule has 5 rings (SSSR count). The summed E-state index contributed by atoms with van der Waals surface area (Å²) in [4.78, 5) is 25.4. The van der Waals surface area contributed by atoms with Gasteiger partial charge in [0.2, 0.25) is 5.95 Å². The Labute approximate surface area is 175 Å². The van der Waals surface area contributed by atoms with Crippen LogP contribution in [0.3, 0.4) is 0 Å². The molecule has 1 aliphatic carbocycles. The van der Waals surface area contributed by atoms with Crippen LogP contribution in [-0.2, 0) is 4.79 Å². The zero-order valence-corrected chi connectivity index (χ0v) is 16.9. The van der Waals surface area contributed by atoms with Gasteiger partial charge in [0.05, 0.1) is 17.6 Å². The minimum absolute atomic E-state index is 0.241. The van der Waals surface area contributed by atoms with Gasteiger partial charge in [0.15, 0.2) is 0 Å². The first kappa shape index (κ1) is 18.5. The van der Waals surface area contributed by atoms with Gasteiger partial charge in [0, 0.05) is 31.3 Å². The molecular formula is C24H23N5O. The Kier molecular flexibility index (Phi) is 4.75. The summed E-state index contributed by atoms with van der Waals surface area (Å²) in [6, 6.07) is 14.7. The Balaban J connectivity index is 1.51. The highest BCUT2D eigenvalue weighted by Crippen LogP contribution is 2.27. The second kappa shape index (κ2) is 7.71. The number of nitrogens with zero attached hydrogens (tertiary/aromatic N) is 4. The van der Waals surface area contributed by atoms with Gasteiger partial charge < -0.3 is 5.32 Å². The molecule has 1 aromatic carbocycles. The topological polar surface area (TPSA) is 72.2 Å². The maximum atomic E-state index is 11.5. The lowest BCUT2D eigenvalue weighted by Crippen LogP contribution is -2.27. The maximum Gasteiger partial charge on any atom is 0.223 e. The normalized spacial score (nSPS) is 14.9. The van der Waals surface area contributed by atoms with Gasteiger partial charge in [-0.2, -0.15) is 0 Å². The first-order valence-corrected chi connectivity index (χ1v) is 10.3. The van der Waals surface area contributed by atoms with Gasteiger partial charge in [0.25, 0.3) is 0 Å². The van der Waals surface area contributed by atoms with Crippen LogP contribution in [0.5, 0.6) is 0 Å². The summed E-state index contributed by atoms with van der Waals surface area (Å²) in [5, 5.41) is 3.41. The number of benzene rings is 1. The van der Waals surface area contributed by atoms with Crippen molar-refractivity contribution in [2.75, 3.05) is 5.32 Å². The third kappa shape index (κ3) is 3.56. The number of pyridine rings is 1. The number of Topliss-reactive ketones (excluding diaryl/α,β-unsaturated/α-hetero) is 1. The quantitative estimate of drug-likeness (QED) is 0.541. The molecule has 1 fully saturated rings. The minimum Gasteiger partial charge on any atom is -0.351 e. The summed E-state index contributed by atoms with van der Waals surface area (Å²) in [5.74, 6) is 0.947. The van der Waals surface area contributed by atoms with Crippen LogP contribution in [0.15, 0.2) is 61.1 Å². The lowest BCUT2D eigenvalue weighted by Gasteiger charge is -2.22. The third-order valence-corrected chi connectivity index (χ3v) is 5.70. The molecule has 1 saturated carbocycles. The van der Waals surface area contributed by atoms with Crippen molar-refractivity contribution in [3.8, 4) is 22.5 Å². The van der Waals surface area contributed by atoms with Crippen LogP contribution in [0.4, 0.5) is 5.95 Å². The summed E-state index contributed by atoms with van der Waals surface area (Å²) in [5.41, 5.74) is 5.95. The molecule has 0 spiro atoms. The molecule has 3 heterocycles. The zero-order chi connectivity index (χ0) is 20.5. The molecule has 6 nitrogen and oxygen atoms in total.